The van der Waals surface area contributed by atoms with E-state index in [1.54, 1.807) is 19.5 Å². The number of fused-ring (bicyclic) bond motifs is 1. The van der Waals surface area contributed by atoms with Gasteiger partial charge in [0.2, 0.25) is 0 Å². The Hall–Kier alpha value is -1.63. The molecule has 2 aromatic rings. The molecule has 1 saturated heterocycles. The van der Waals surface area contributed by atoms with E-state index in [4.69, 9.17) is 4.74 Å². The van der Waals surface area contributed by atoms with Crippen molar-refractivity contribution in [3.05, 3.63) is 24.0 Å². The molecule has 0 saturated carbocycles. The highest BCUT2D eigenvalue weighted by Crippen LogP contribution is 2.27. The van der Waals surface area contributed by atoms with Crippen LogP contribution < -0.4 is 10.6 Å². The number of ether oxygens (including phenoxy) is 1. The highest BCUT2D eigenvalue weighted by molar-refractivity contribution is 6.11. The van der Waals surface area contributed by atoms with Crippen LogP contribution in [0.2, 0.25) is 0 Å². The van der Waals surface area contributed by atoms with E-state index >= 15 is 0 Å². The molecule has 0 aliphatic carbocycles. The number of pyridine rings is 1. The molecule has 1 aliphatic heterocycles. The third kappa shape index (κ3) is 4.02. The Labute approximate surface area is 141 Å². The summed E-state index contributed by atoms with van der Waals surface area (Å²) in [5.74, 6) is 0.0749. The zero-order valence-electron chi connectivity index (χ0n) is 13.2. The Kier molecular flexibility index (Phi) is 6.38. The van der Waals surface area contributed by atoms with Gasteiger partial charge in [0.1, 0.15) is 5.65 Å². The minimum Gasteiger partial charge on any atom is -0.384 e. The number of hydrogen-bond acceptors (Lipinski definition) is 5. The van der Waals surface area contributed by atoms with Gasteiger partial charge in [-0.25, -0.2) is 4.98 Å². The smallest absolute Gasteiger partial charge is 0.167 e. The maximum absolute atomic E-state index is 12.4. The molecule has 1 unspecified atom stereocenters. The van der Waals surface area contributed by atoms with Crippen LogP contribution in [0.4, 0.5) is 5.69 Å². The third-order valence-electron chi connectivity index (χ3n) is 4.06. The number of carbonyl (C=O) groups excluding carboxylic acids is 1. The molecule has 0 spiro atoms. The fourth-order valence-electron chi connectivity index (χ4n) is 2.92. The van der Waals surface area contributed by atoms with E-state index in [1.807, 2.05) is 6.07 Å². The summed E-state index contributed by atoms with van der Waals surface area (Å²) in [5, 5.41) is 7.83. The first-order valence-electron chi connectivity index (χ1n) is 7.75. The number of aromatic amines is 1. The number of ketones is 1. The van der Waals surface area contributed by atoms with Gasteiger partial charge < -0.3 is 20.4 Å². The lowest BCUT2D eigenvalue weighted by Gasteiger charge is -2.25. The molecule has 7 heteroatoms. The van der Waals surface area contributed by atoms with Gasteiger partial charge in [-0.15, -0.1) is 12.4 Å². The van der Waals surface area contributed by atoms with E-state index in [-0.39, 0.29) is 18.2 Å². The number of aromatic nitrogens is 2. The van der Waals surface area contributed by atoms with Gasteiger partial charge in [0.05, 0.1) is 12.0 Å². The average Bonchev–Trinajstić information content (AvgIpc) is 2.99. The largest absolute Gasteiger partial charge is 0.384 e. The molecule has 3 rings (SSSR count). The van der Waals surface area contributed by atoms with Crippen molar-refractivity contribution in [2.75, 3.05) is 32.1 Å². The zero-order valence-corrected chi connectivity index (χ0v) is 14.0. The number of carbonyl (C=O) groups is 1. The molecule has 0 amide bonds. The van der Waals surface area contributed by atoms with Gasteiger partial charge >= 0.3 is 0 Å². The second-order valence-corrected chi connectivity index (χ2v) is 5.64. The Balaban J connectivity index is 0.00000192. The van der Waals surface area contributed by atoms with E-state index in [0.717, 1.165) is 36.2 Å². The Morgan fingerprint density at radius 3 is 3.13 bits per heavy atom. The first kappa shape index (κ1) is 17.7. The normalized spacial score (nSPS) is 17.7. The van der Waals surface area contributed by atoms with Crippen LogP contribution in [0, 0.1) is 0 Å². The van der Waals surface area contributed by atoms with Crippen molar-refractivity contribution in [3.63, 3.8) is 0 Å². The molecule has 1 atom stereocenters. The van der Waals surface area contributed by atoms with Crippen molar-refractivity contribution in [2.24, 2.45) is 0 Å². The average molecular weight is 339 g/mol. The van der Waals surface area contributed by atoms with E-state index in [2.05, 4.69) is 20.6 Å². The fraction of sp³-hybridized carbons (Fsp3) is 0.500. The minimum atomic E-state index is 0. The van der Waals surface area contributed by atoms with Crippen LogP contribution in [-0.4, -0.2) is 48.6 Å². The van der Waals surface area contributed by atoms with E-state index in [9.17, 15) is 4.79 Å². The number of hydrogen-bond donors (Lipinski definition) is 3. The maximum atomic E-state index is 12.4. The van der Waals surface area contributed by atoms with Crippen LogP contribution in [0.1, 0.15) is 29.6 Å². The van der Waals surface area contributed by atoms with E-state index < -0.39 is 0 Å². The molecule has 1 fully saturated rings. The van der Waals surface area contributed by atoms with E-state index in [1.165, 1.54) is 6.42 Å². The number of halogens is 1. The monoisotopic (exact) mass is 338 g/mol. The zero-order chi connectivity index (χ0) is 15.4. The number of nitrogens with one attached hydrogen (secondary N) is 3. The van der Waals surface area contributed by atoms with Crippen molar-refractivity contribution in [2.45, 2.75) is 25.3 Å². The molecule has 3 heterocycles. The number of piperidine rings is 1. The van der Waals surface area contributed by atoms with Crippen molar-refractivity contribution < 1.29 is 9.53 Å². The molecule has 0 aromatic carbocycles. The fourth-order valence-corrected chi connectivity index (χ4v) is 2.92. The van der Waals surface area contributed by atoms with Gasteiger partial charge in [0.15, 0.2) is 5.78 Å². The van der Waals surface area contributed by atoms with Crippen molar-refractivity contribution in [3.8, 4) is 0 Å². The molecule has 1 aliphatic rings. The molecule has 2 aromatic heterocycles. The van der Waals surface area contributed by atoms with Crippen LogP contribution in [0.25, 0.3) is 11.0 Å². The lowest BCUT2D eigenvalue weighted by atomic mass is 10.0. The molecular formula is C16H23ClN4O2. The Morgan fingerprint density at radius 1 is 1.52 bits per heavy atom. The van der Waals surface area contributed by atoms with Gasteiger partial charge in [-0.1, -0.05) is 0 Å². The Morgan fingerprint density at radius 2 is 2.39 bits per heavy atom. The summed E-state index contributed by atoms with van der Waals surface area (Å²) < 4.78 is 5.00. The number of anilines is 1. The lowest BCUT2D eigenvalue weighted by Crippen LogP contribution is -2.38. The first-order chi connectivity index (χ1) is 10.8. The Bertz CT molecular complexity index is 653. The lowest BCUT2D eigenvalue weighted by molar-refractivity contribution is 0.0934. The van der Waals surface area contributed by atoms with Crippen LogP contribution >= 0.6 is 12.4 Å². The second kappa shape index (κ2) is 8.29. The summed E-state index contributed by atoms with van der Waals surface area (Å²) in [6, 6.07) is 2.33. The summed E-state index contributed by atoms with van der Waals surface area (Å²) in [4.78, 5) is 19.8. The number of nitrogens with zero attached hydrogens (tertiary/aromatic N) is 1. The molecular weight excluding hydrogens is 316 g/mol. The van der Waals surface area contributed by atoms with Crippen molar-refractivity contribution >= 4 is 34.9 Å². The number of H-pyrrole nitrogens is 1. The predicted octanol–water partition coefficient (Wildman–Crippen LogP) is 2.37. The standard InChI is InChI=1S/C16H22N4O2.ClH/c1-22-8-5-14(21)12-10-19-16-15(12)13(4-7-18-16)20-11-3-2-6-17-9-11;/h4,7,10-11,17H,2-3,5-6,8-9H2,1H3,(H2,18,19,20);1H. The van der Waals surface area contributed by atoms with Crippen molar-refractivity contribution in [1.29, 1.82) is 0 Å². The second-order valence-electron chi connectivity index (χ2n) is 5.64. The summed E-state index contributed by atoms with van der Waals surface area (Å²) in [6.07, 6.45) is 6.19. The quantitative estimate of drug-likeness (QED) is 0.705. The van der Waals surface area contributed by atoms with Gasteiger partial charge in [-0.3, -0.25) is 4.79 Å². The molecule has 23 heavy (non-hydrogen) atoms. The number of Topliss-reactive ketones (excluding diaryl/α,β-unsaturated/α-hetero) is 1. The number of rotatable bonds is 6. The summed E-state index contributed by atoms with van der Waals surface area (Å²) >= 11 is 0. The molecule has 126 valence electrons. The highest BCUT2D eigenvalue weighted by Gasteiger charge is 2.18. The van der Waals surface area contributed by atoms with Crippen LogP contribution in [0.15, 0.2) is 18.5 Å². The third-order valence-corrected chi connectivity index (χ3v) is 4.06. The summed E-state index contributed by atoms with van der Waals surface area (Å²) in [5.41, 5.74) is 2.40. The molecule has 0 radical (unpaired) electrons. The highest BCUT2D eigenvalue weighted by atomic mass is 35.5. The summed E-state index contributed by atoms with van der Waals surface area (Å²) in [6.45, 7) is 2.46. The minimum absolute atomic E-state index is 0. The van der Waals surface area contributed by atoms with Gasteiger partial charge in [0, 0.05) is 49.8 Å². The SMILES string of the molecule is COCCC(=O)c1c[nH]c2nccc(NC3CCCNC3)c12.Cl. The van der Waals surface area contributed by atoms with E-state index in [0.29, 0.717) is 24.6 Å². The summed E-state index contributed by atoms with van der Waals surface area (Å²) in [7, 11) is 1.60. The van der Waals surface area contributed by atoms with Crippen LogP contribution in [0.5, 0.6) is 0 Å². The van der Waals surface area contributed by atoms with Crippen LogP contribution in [-0.2, 0) is 4.74 Å². The van der Waals surface area contributed by atoms with Crippen molar-refractivity contribution in [1.82, 2.24) is 15.3 Å². The first-order valence-corrected chi connectivity index (χ1v) is 7.75. The maximum Gasteiger partial charge on any atom is 0.167 e. The van der Waals surface area contributed by atoms with Gasteiger partial charge in [0.25, 0.3) is 0 Å². The topological polar surface area (TPSA) is 79.0 Å². The predicted molar refractivity (Wildman–Crippen MR) is 93.7 cm³/mol. The molecule has 3 N–H and O–H groups in total. The van der Waals surface area contributed by atoms with Gasteiger partial charge in [-0.05, 0) is 25.5 Å². The molecule has 0 bridgehead atoms. The van der Waals surface area contributed by atoms with Gasteiger partial charge in [-0.2, -0.15) is 0 Å². The van der Waals surface area contributed by atoms with Crippen LogP contribution in [0.3, 0.4) is 0 Å². The molecule has 6 nitrogen and oxygen atoms in total. The number of methoxy groups -OCH3 is 1.